The molecule has 1 rings (SSSR count). The summed E-state index contributed by atoms with van der Waals surface area (Å²) in [5.41, 5.74) is 5.73. The van der Waals surface area contributed by atoms with Crippen molar-refractivity contribution < 1.29 is 0 Å². The number of nitrogens with one attached hydrogen (secondary N) is 1. The van der Waals surface area contributed by atoms with Crippen LogP contribution in [0.25, 0.3) is 0 Å². The summed E-state index contributed by atoms with van der Waals surface area (Å²) < 4.78 is 0. The third kappa shape index (κ3) is 8.97. The molecule has 108 valence electrons. The molecular formula is C13H29IN4. The van der Waals surface area contributed by atoms with E-state index in [1.165, 1.54) is 45.3 Å². The Morgan fingerprint density at radius 2 is 1.89 bits per heavy atom. The summed E-state index contributed by atoms with van der Waals surface area (Å²) in [7, 11) is 0. The molecule has 1 heterocycles. The van der Waals surface area contributed by atoms with Gasteiger partial charge in [0.15, 0.2) is 5.96 Å². The smallest absolute Gasteiger partial charge is 0.188 e. The van der Waals surface area contributed by atoms with E-state index in [1.54, 1.807) is 0 Å². The van der Waals surface area contributed by atoms with E-state index in [4.69, 9.17) is 5.73 Å². The zero-order valence-corrected chi connectivity index (χ0v) is 14.0. The van der Waals surface area contributed by atoms with Crippen LogP contribution >= 0.6 is 24.0 Å². The number of hydrogen-bond acceptors (Lipinski definition) is 2. The predicted octanol–water partition coefficient (Wildman–Crippen LogP) is 2.18. The second-order valence-electron chi connectivity index (χ2n) is 4.80. The van der Waals surface area contributed by atoms with Crippen molar-refractivity contribution in [3.63, 3.8) is 0 Å². The van der Waals surface area contributed by atoms with Crippen LogP contribution in [0.3, 0.4) is 0 Å². The van der Waals surface area contributed by atoms with Crippen LogP contribution in [0.15, 0.2) is 4.99 Å². The Morgan fingerprint density at radius 3 is 2.50 bits per heavy atom. The Labute approximate surface area is 129 Å². The number of likely N-dealkylation sites (tertiary alicyclic amines) is 1. The van der Waals surface area contributed by atoms with E-state index < -0.39 is 0 Å². The maximum Gasteiger partial charge on any atom is 0.188 e. The fourth-order valence-corrected chi connectivity index (χ4v) is 2.17. The molecule has 1 aliphatic rings. The van der Waals surface area contributed by atoms with Gasteiger partial charge in [-0.3, -0.25) is 4.99 Å². The number of rotatable bonds is 6. The van der Waals surface area contributed by atoms with Crippen molar-refractivity contribution >= 4 is 29.9 Å². The number of halogens is 1. The first kappa shape index (κ1) is 18.0. The van der Waals surface area contributed by atoms with Crippen molar-refractivity contribution in [2.24, 2.45) is 10.7 Å². The van der Waals surface area contributed by atoms with Gasteiger partial charge in [0.25, 0.3) is 0 Å². The van der Waals surface area contributed by atoms with Gasteiger partial charge in [0.2, 0.25) is 0 Å². The third-order valence-electron chi connectivity index (χ3n) is 3.16. The monoisotopic (exact) mass is 368 g/mol. The Balaban J connectivity index is 0.00000289. The minimum absolute atomic E-state index is 0. The fourth-order valence-electron chi connectivity index (χ4n) is 2.17. The van der Waals surface area contributed by atoms with Gasteiger partial charge in [-0.25, -0.2) is 0 Å². The number of guanidine groups is 1. The first-order valence-corrected chi connectivity index (χ1v) is 7.09. The van der Waals surface area contributed by atoms with Gasteiger partial charge in [-0.2, -0.15) is 0 Å². The number of nitrogens with two attached hydrogens (primary N) is 1. The lowest BCUT2D eigenvalue weighted by molar-refractivity contribution is 0.282. The maximum absolute atomic E-state index is 5.73. The highest BCUT2D eigenvalue weighted by atomic mass is 127. The lowest BCUT2D eigenvalue weighted by Gasteiger charge is -2.19. The van der Waals surface area contributed by atoms with Crippen LogP contribution in [0.2, 0.25) is 0 Å². The zero-order chi connectivity index (χ0) is 12.3. The summed E-state index contributed by atoms with van der Waals surface area (Å²) in [6.45, 7) is 7.61. The second-order valence-corrected chi connectivity index (χ2v) is 4.80. The molecule has 1 aliphatic heterocycles. The van der Waals surface area contributed by atoms with Crippen LogP contribution in [0.1, 0.15) is 45.4 Å². The van der Waals surface area contributed by atoms with Gasteiger partial charge in [0, 0.05) is 13.1 Å². The van der Waals surface area contributed by atoms with E-state index >= 15 is 0 Å². The van der Waals surface area contributed by atoms with E-state index in [-0.39, 0.29) is 24.0 Å². The minimum atomic E-state index is 0. The minimum Gasteiger partial charge on any atom is -0.370 e. The summed E-state index contributed by atoms with van der Waals surface area (Å²) >= 11 is 0. The topological polar surface area (TPSA) is 53.6 Å². The summed E-state index contributed by atoms with van der Waals surface area (Å²) in [5, 5.41) is 3.17. The van der Waals surface area contributed by atoms with Crippen LogP contribution < -0.4 is 11.1 Å². The van der Waals surface area contributed by atoms with Gasteiger partial charge in [0.05, 0.1) is 0 Å². The van der Waals surface area contributed by atoms with Gasteiger partial charge >= 0.3 is 0 Å². The van der Waals surface area contributed by atoms with E-state index in [0.717, 1.165) is 25.9 Å². The van der Waals surface area contributed by atoms with E-state index in [9.17, 15) is 0 Å². The molecule has 3 N–H and O–H groups in total. The third-order valence-corrected chi connectivity index (χ3v) is 3.16. The lowest BCUT2D eigenvalue weighted by atomic mass is 10.2. The Kier molecular flexibility index (Phi) is 12.0. The second kappa shape index (κ2) is 12.0. The van der Waals surface area contributed by atoms with Crippen molar-refractivity contribution in [2.45, 2.75) is 45.4 Å². The van der Waals surface area contributed by atoms with Crippen molar-refractivity contribution in [1.29, 1.82) is 0 Å². The average Bonchev–Trinajstić information content (AvgIpc) is 2.60. The normalized spacial score (nSPS) is 17.9. The first-order chi connectivity index (χ1) is 8.33. The fraction of sp³-hybridized carbons (Fsp3) is 0.923. The van der Waals surface area contributed by atoms with Crippen LogP contribution in [0.5, 0.6) is 0 Å². The molecular weight excluding hydrogens is 339 g/mol. The molecule has 0 saturated carbocycles. The highest BCUT2D eigenvalue weighted by Crippen LogP contribution is 2.09. The highest BCUT2D eigenvalue weighted by Gasteiger charge is 2.07. The molecule has 0 spiro atoms. The van der Waals surface area contributed by atoms with Crippen LogP contribution in [0.4, 0.5) is 0 Å². The van der Waals surface area contributed by atoms with Gasteiger partial charge in [-0.05, 0) is 45.3 Å². The SMILES string of the molecule is CCCN=C(N)NCCCN1CCCCCC1.I. The number of hydrogen-bond donors (Lipinski definition) is 2. The standard InChI is InChI=1S/C13H28N4.HI/c1-2-8-15-13(14)16-9-7-12-17-10-5-3-4-6-11-17;/h2-12H2,1H3,(H3,14,15,16);1H. The molecule has 0 aliphatic carbocycles. The van der Waals surface area contributed by atoms with Crippen LogP contribution in [-0.2, 0) is 0 Å². The Hall–Kier alpha value is -0.0400. The van der Waals surface area contributed by atoms with Gasteiger partial charge in [-0.15, -0.1) is 24.0 Å². The molecule has 4 nitrogen and oxygen atoms in total. The Morgan fingerprint density at radius 1 is 1.22 bits per heavy atom. The molecule has 0 aromatic carbocycles. The molecule has 1 saturated heterocycles. The molecule has 18 heavy (non-hydrogen) atoms. The van der Waals surface area contributed by atoms with Gasteiger partial charge in [-0.1, -0.05) is 19.8 Å². The van der Waals surface area contributed by atoms with E-state index in [0.29, 0.717) is 5.96 Å². The molecule has 0 radical (unpaired) electrons. The first-order valence-electron chi connectivity index (χ1n) is 7.09. The van der Waals surface area contributed by atoms with Crippen molar-refractivity contribution in [2.75, 3.05) is 32.7 Å². The quantitative estimate of drug-likeness (QED) is 0.327. The molecule has 0 unspecified atom stereocenters. The number of nitrogens with zero attached hydrogens (tertiary/aromatic N) is 2. The molecule has 0 aromatic rings. The van der Waals surface area contributed by atoms with E-state index in [1.807, 2.05) is 0 Å². The summed E-state index contributed by atoms with van der Waals surface area (Å²) in [5.74, 6) is 0.600. The molecule has 5 heteroatoms. The maximum atomic E-state index is 5.73. The van der Waals surface area contributed by atoms with Crippen molar-refractivity contribution in [1.82, 2.24) is 10.2 Å². The molecule has 1 fully saturated rings. The zero-order valence-electron chi connectivity index (χ0n) is 11.7. The van der Waals surface area contributed by atoms with E-state index in [2.05, 4.69) is 22.1 Å². The molecule has 0 aromatic heterocycles. The van der Waals surface area contributed by atoms with Crippen LogP contribution in [0, 0.1) is 0 Å². The Bertz CT molecular complexity index is 213. The van der Waals surface area contributed by atoms with Gasteiger partial charge in [0.1, 0.15) is 0 Å². The van der Waals surface area contributed by atoms with Crippen molar-refractivity contribution in [3.05, 3.63) is 0 Å². The molecule has 0 amide bonds. The number of aliphatic imine (C=N–C) groups is 1. The lowest BCUT2D eigenvalue weighted by Crippen LogP contribution is -2.35. The molecule has 0 bridgehead atoms. The average molecular weight is 368 g/mol. The largest absolute Gasteiger partial charge is 0.370 e. The molecule has 0 atom stereocenters. The van der Waals surface area contributed by atoms with Crippen molar-refractivity contribution in [3.8, 4) is 0 Å². The van der Waals surface area contributed by atoms with Gasteiger partial charge < -0.3 is 16.0 Å². The predicted molar refractivity (Wildman–Crippen MR) is 89.7 cm³/mol. The van der Waals surface area contributed by atoms with Crippen LogP contribution in [-0.4, -0.2) is 43.6 Å². The highest BCUT2D eigenvalue weighted by molar-refractivity contribution is 14.0. The summed E-state index contributed by atoms with van der Waals surface area (Å²) in [6.07, 6.45) is 7.76. The summed E-state index contributed by atoms with van der Waals surface area (Å²) in [6, 6.07) is 0. The summed E-state index contributed by atoms with van der Waals surface area (Å²) in [4.78, 5) is 6.79.